The Bertz CT molecular complexity index is 4170. The summed E-state index contributed by atoms with van der Waals surface area (Å²) in [5, 5.41) is 0. The van der Waals surface area contributed by atoms with Crippen molar-refractivity contribution in [2.45, 2.75) is 247 Å². The van der Waals surface area contributed by atoms with Gasteiger partial charge in [0.05, 0.1) is 49.1 Å². The summed E-state index contributed by atoms with van der Waals surface area (Å²) < 4.78 is 25.7. The molecule has 0 saturated heterocycles. The number of ether oxygens (including phenoxy) is 4. The Kier molecular flexibility index (Phi) is 33.2. The van der Waals surface area contributed by atoms with Gasteiger partial charge in [-0.15, -0.1) is 11.1 Å². The van der Waals surface area contributed by atoms with Crippen LogP contribution in [0.1, 0.15) is 269 Å². The molecule has 7 aromatic rings. The van der Waals surface area contributed by atoms with Gasteiger partial charge in [-0.05, 0) is 168 Å². The van der Waals surface area contributed by atoms with E-state index >= 15 is 0 Å². The average Bonchev–Trinajstić information content (AvgIpc) is 0.814. The van der Waals surface area contributed by atoms with Crippen molar-refractivity contribution in [3.05, 3.63) is 183 Å². The molecule has 3 aromatic heterocycles. The Balaban J connectivity index is 1.21. The van der Waals surface area contributed by atoms with Crippen LogP contribution in [0.25, 0.3) is 22.8 Å². The first-order valence-corrected chi connectivity index (χ1v) is 42.9. The maximum atomic E-state index is 6.45. The van der Waals surface area contributed by atoms with Gasteiger partial charge in [0.25, 0.3) is 0 Å². The first-order chi connectivity index (χ1) is 49.3. The molecular formula is C93H115N3O4Si2. The minimum Gasteiger partial charge on any atom is -0.494 e. The molecule has 0 unspecified atom stereocenters. The summed E-state index contributed by atoms with van der Waals surface area (Å²) in [6.45, 7) is 39.7. The number of pyridine rings is 3. The third-order valence-corrected chi connectivity index (χ3v) is 32.1. The zero-order valence-corrected chi connectivity index (χ0v) is 66.7. The fourth-order valence-electron chi connectivity index (χ4n) is 14.0. The van der Waals surface area contributed by atoms with Gasteiger partial charge in [-0.25, -0.2) is 4.98 Å². The van der Waals surface area contributed by atoms with E-state index in [4.69, 9.17) is 33.9 Å². The van der Waals surface area contributed by atoms with Gasteiger partial charge >= 0.3 is 0 Å². The maximum Gasteiger partial charge on any atom is 0.146 e. The van der Waals surface area contributed by atoms with Crippen LogP contribution in [0.3, 0.4) is 0 Å². The largest absolute Gasteiger partial charge is 0.494 e. The van der Waals surface area contributed by atoms with Gasteiger partial charge in [-0.2, -0.15) is 0 Å². The van der Waals surface area contributed by atoms with Crippen molar-refractivity contribution >= 4 is 16.1 Å². The van der Waals surface area contributed by atoms with Crippen molar-refractivity contribution in [2.24, 2.45) is 0 Å². The molecule has 0 saturated carbocycles. The second kappa shape index (κ2) is 42.0. The van der Waals surface area contributed by atoms with Crippen LogP contribution < -0.4 is 18.9 Å². The molecule has 0 aliphatic carbocycles. The normalized spacial score (nSPS) is 11.2. The maximum absolute atomic E-state index is 6.45. The van der Waals surface area contributed by atoms with Crippen molar-refractivity contribution in [1.29, 1.82) is 0 Å². The lowest BCUT2D eigenvalue weighted by atomic mass is 10.1. The van der Waals surface area contributed by atoms with Crippen LogP contribution >= 0.6 is 0 Å². The van der Waals surface area contributed by atoms with E-state index in [-0.39, 0.29) is 0 Å². The average molecular weight is 1400 g/mol. The van der Waals surface area contributed by atoms with E-state index in [2.05, 4.69) is 217 Å². The van der Waals surface area contributed by atoms with Crippen LogP contribution in [0.2, 0.25) is 33.2 Å². The minimum atomic E-state index is -1.99. The van der Waals surface area contributed by atoms with Crippen LogP contribution in [0, 0.1) is 70.3 Å². The third kappa shape index (κ3) is 24.5. The first kappa shape index (κ1) is 80.6. The van der Waals surface area contributed by atoms with Crippen molar-refractivity contribution < 1.29 is 18.9 Å². The molecule has 9 heteroatoms. The summed E-state index contributed by atoms with van der Waals surface area (Å²) in [6.07, 6.45) is 21.5. The van der Waals surface area contributed by atoms with Crippen LogP contribution in [-0.4, -0.2) is 57.5 Å². The molecule has 0 radical (unpaired) electrons. The van der Waals surface area contributed by atoms with E-state index in [0.717, 1.165) is 143 Å². The molecule has 0 aliphatic heterocycles. The van der Waals surface area contributed by atoms with Gasteiger partial charge in [0.1, 0.15) is 44.8 Å². The lowest BCUT2D eigenvalue weighted by molar-refractivity contribution is 0.305. The summed E-state index contributed by atoms with van der Waals surface area (Å²) in [6, 6.07) is 38.4. The molecule has 0 fully saturated rings. The molecule has 534 valence electrons. The molecule has 0 N–H and O–H groups in total. The van der Waals surface area contributed by atoms with Crippen LogP contribution in [0.4, 0.5) is 0 Å². The number of unbranched alkanes of at least 4 members (excludes halogenated alkanes) is 12. The molecule has 7 nitrogen and oxygen atoms in total. The highest BCUT2D eigenvalue weighted by Crippen LogP contribution is 2.42. The van der Waals surface area contributed by atoms with E-state index in [0.29, 0.717) is 82.5 Å². The van der Waals surface area contributed by atoms with Gasteiger partial charge in [0.2, 0.25) is 0 Å². The Labute approximate surface area is 618 Å². The summed E-state index contributed by atoms with van der Waals surface area (Å²) in [7, 11) is -3.98. The molecule has 3 heterocycles. The van der Waals surface area contributed by atoms with Crippen molar-refractivity contribution in [3.63, 3.8) is 0 Å². The van der Waals surface area contributed by atoms with Crippen molar-refractivity contribution in [1.82, 2.24) is 15.0 Å². The van der Waals surface area contributed by atoms with Gasteiger partial charge in [-0.1, -0.05) is 253 Å². The highest BCUT2D eigenvalue weighted by atomic mass is 28.3. The van der Waals surface area contributed by atoms with Crippen molar-refractivity contribution in [3.8, 4) is 116 Å². The topological polar surface area (TPSA) is 75.6 Å². The Morgan fingerprint density at radius 3 is 0.931 bits per heavy atom. The number of hydrogen-bond donors (Lipinski definition) is 0. The highest BCUT2D eigenvalue weighted by Gasteiger charge is 2.43. The third-order valence-electron chi connectivity index (χ3n) is 19.5. The number of rotatable bonds is 32. The van der Waals surface area contributed by atoms with Gasteiger partial charge in [0, 0.05) is 62.5 Å². The molecular weight excluding hydrogens is 1280 g/mol. The summed E-state index contributed by atoms with van der Waals surface area (Å²) in [5.74, 6) is 38.2. The lowest BCUT2D eigenvalue weighted by Crippen LogP contribution is -2.43. The monoisotopic (exact) mass is 1390 g/mol. The van der Waals surface area contributed by atoms with E-state index in [1.54, 1.807) is 12.4 Å². The molecule has 7 rings (SSSR count). The standard InChI is InChI=1S/C93H115N3O4Si2/c1-17-21-25-31-51-97-86-61-77(57-78(62-86)38-40-80-59-83(67-88(64-80)99-53-33-27-23-19-3)48-55-101(70(5)6,71(7)8)72(9)10)37-36-76-43-46-90(95-69-76)91-47-45-85(93(96-91)92-35-29-30-50-94-92)44-42-82-58-79(63-87(66-82)98-52-32-26-22-18-2)39-41-81-60-84(68-89(65-81)100-54-34-28-24-20-4)49-56-102(73(11)12,74(13)14)75(15)16/h29-30,35,43,45-47,50,57-75H,17-28,31-34,51-54H2,1-16H3. The molecule has 4 aromatic carbocycles. The Hall–Kier alpha value is -8.68. The zero-order chi connectivity index (χ0) is 73.3. The molecule has 102 heavy (non-hydrogen) atoms. The SMILES string of the molecule is CCCCCCOc1cc(C#Cc2ccc(-c3ccc(C#Cc4cc(C#Cc5cc(C#C[Si](C(C)C)(C(C)C)C(C)C)cc(OCCCCCC)c5)cc(OCCCCCC)c4)c(-c4ccccn4)n3)nc2)cc(C#Cc2cc(C#C[Si](C(C)C)(C(C)C)C(C)C)cc(OCCCCCC)c2)c1. The van der Waals surface area contributed by atoms with Gasteiger partial charge in [-0.3, -0.25) is 9.97 Å². The fourth-order valence-corrected chi connectivity index (χ4v) is 24.5. The number of benzene rings is 4. The lowest BCUT2D eigenvalue weighted by Gasteiger charge is -2.38. The minimum absolute atomic E-state index is 0.520. The fraction of sp³-hybridized carbons (Fsp3) is 0.452. The number of aromatic nitrogens is 3. The van der Waals surface area contributed by atoms with E-state index in [1.807, 2.05) is 78.9 Å². The molecule has 0 amide bonds. The summed E-state index contributed by atoms with van der Waals surface area (Å²) in [4.78, 5) is 14.9. The molecule has 0 aliphatic rings. The van der Waals surface area contributed by atoms with Crippen LogP contribution in [0.5, 0.6) is 23.0 Å². The smallest absolute Gasteiger partial charge is 0.146 e. The van der Waals surface area contributed by atoms with Gasteiger partial charge in [0.15, 0.2) is 0 Å². The predicted molar refractivity (Wildman–Crippen MR) is 435 cm³/mol. The second-order valence-corrected chi connectivity index (χ2v) is 40.3. The number of hydrogen-bond acceptors (Lipinski definition) is 7. The highest BCUT2D eigenvalue weighted by molar-refractivity contribution is 6.91. The predicted octanol–water partition coefficient (Wildman–Crippen LogP) is 23.8. The zero-order valence-electron chi connectivity index (χ0n) is 64.7. The second-order valence-electron chi connectivity index (χ2n) is 29.2. The van der Waals surface area contributed by atoms with Gasteiger partial charge < -0.3 is 18.9 Å². The first-order valence-electron chi connectivity index (χ1n) is 38.4. The Morgan fingerprint density at radius 1 is 0.304 bits per heavy atom. The van der Waals surface area contributed by atoms with E-state index in [1.165, 1.54) is 38.5 Å². The van der Waals surface area contributed by atoms with E-state index in [9.17, 15) is 0 Å². The quantitative estimate of drug-likeness (QED) is 0.0236. The van der Waals surface area contributed by atoms with Crippen LogP contribution in [0.15, 0.2) is 128 Å². The summed E-state index contributed by atoms with van der Waals surface area (Å²) in [5.41, 5.74) is 22.0. The number of nitrogens with zero attached hydrogens (tertiary/aromatic N) is 3. The van der Waals surface area contributed by atoms with Crippen molar-refractivity contribution in [2.75, 3.05) is 26.4 Å². The molecule has 0 spiro atoms. The summed E-state index contributed by atoms with van der Waals surface area (Å²) >= 11 is 0. The Morgan fingerprint density at radius 2 is 0.627 bits per heavy atom. The molecule has 0 bridgehead atoms. The van der Waals surface area contributed by atoms with E-state index < -0.39 is 16.1 Å². The molecule has 0 atom stereocenters. The van der Waals surface area contributed by atoms with Crippen LogP contribution in [-0.2, 0) is 0 Å².